The second-order valence-corrected chi connectivity index (χ2v) is 4.92. The highest BCUT2D eigenvalue weighted by molar-refractivity contribution is 5.68. The first kappa shape index (κ1) is 15.8. The molecule has 0 saturated carbocycles. The summed E-state index contributed by atoms with van der Waals surface area (Å²) in [5.41, 5.74) is 0.211. The van der Waals surface area contributed by atoms with E-state index >= 15 is 0 Å². The van der Waals surface area contributed by atoms with Crippen molar-refractivity contribution in [1.29, 1.82) is 0 Å². The first-order valence-electron chi connectivity index (χ1n) is 6.85. The highest BCUT2D eigenvalue weighted by Crippen LogP contribution is 2.31. The molecular formula is C15H12F3N5O. The number of halogens is 3. The molecule has 6 nitrogen and oxygen atoms in total. The highest BCUT2D eigenvalue weighted by Gasteiger charge is 2.33. The van der Waals surface area contributed by atoms with Crippen LogP contribution in [0.1, 0.15) is 5.69 Å². The number of imidazole rings is 1. The molecule has 0 bridgehead atoms. The van der Waals surface area contributed by atoms with Crippen molar-refractivity contribution < 1.29 is 18.3 Å². The maximum atomic E-state index is 12.6. The number of anilines is 1. The number of aromatic nitrogens is 4. The minimum absolute atomic E-state index is 0.124. The molecule has 0 aliphatic carbocycles. The second-order valence-electron chi connectivity index (χ2n) is 4.92. The molecule has 0 spiro atoms. The summed E-state index contributed by atoms with van der Waals surface area (Å²) >= 11 is 0. The minimum atomic E-state index is -4.52. The molecule has 0 amide bonds. The number of phenols is 1. The fourth-order valence-electron chi connectivity index (χ4n) is 2.12. The molecule has 0 saturated heterocycles. The molecule has 24 heavy (non-hydrogen) atoms. The van der Waals surface area contributed by atoms with Crippen LogP contribution in [0.25, 0.3) is 16.9 Å². The normalized spacial score (nSPS) is 11.5. The lowest BCUT2D eigenvalue weighted by Crippen LogP contribution is -2.04. The van der Waals surface area contributed by atoms with Crippen LogP contribution in [0.4, 0.5) is 19.0 Å². The van der Waals surface area contributed by atoms with Gasteiger partial charge in [-0.2, -0.15) is 13.2 Å². The van der Waals surface area contributed by atoms with Gasteiger partial charge in [0.05, 0.1) is 17.7 Å². The summed E-state index contributed by atoms with van der Waals surface area (Å²) in [6, 6.07) is 7.82. The van der Waals surface area contributed by atoms with Crippen LogP contribution in [0.15, 0.2) is 42.9 Å². The third kappa shape index (κ3) is 3.00. The summed E-state index contributed by atoms with van der Waals surface area (Å²) in [4.78, 5) is 3.32. The molecule has 3 rings (SSSR count). The molecule has 0 aliphatic rings. The fourth-order valence-corrected chi connectivity index (χ4v) is 2.12. The first-order chi connectivity index (χ1) is 11.4. The van der Waals surface area contributed by atoms with Crippen molar-refractivity contribution in [3.05, 3.63) is 48.5 Å². The molecule has 0 unspecified atom stereocenters. The number of hydrogen-bond donors (Lipinski definition) is 2. The summed E-state index contributed by atoms with van der Waals surface area (Å²) in [5.74, 6) is 0.453. The topological polar surface area (TPSA) is 75.9 Å². The maximum absolute atomic E-state index is 12.6. The highest BCUT2D eigenvalue weighted by atomic mass is 19.4. The number of phenolic OH excluding ortho intramolecular Hbond substituents is 1. The zero-order valence-corrected chi connectivity index (χ0v) is 12.4. The predicted molar refractivity (Wildman–Crippen MR) is 80.8 cm³/mol. The van der Waals surface area contributed by atoms with Crippen molar-refractivity contribution in [3.8, 4) is 22.7 Å². The lowest BCUT2D eigenvalue weighted by molar-refractivity contribution is -0.140. The average molecular weight is 335 g/mol. The SMILES string of the molecule is CNc1ccc(-c2ccc(-n3cnc(C(F)(F)F)c3)cc2O)nn1. The zero-order valence-electron chi connectivity index (χ0n) is 12.4. The Morgan fingerprint density at radius 1 is 1.12 bits per heavy atom. The van der Waals surface area contributed by atoms with E-state index in [0.29, 0.717) is 22.8 Å². The van der Waals surface area contributed by atoms with E-state index in [1.54, 1.807) is 31.3 Å². The van der Waals surface area contributed by atoms with Crippen LogP contribution in [0.5, 0.6) is 5.75 Å². The summed E-state index contributed by atoms with van der Waals surface area (Å²) in [6.45, 7) is 0. The predicted octanol–water partition coefficient (Wildman–Crippen LogP) is 3.10. The van der Waals surface area contributed by atoms with Crippen molar-refractivity contribution >= 4 is 5.82 Å². The lowest BCUT2D eigenvalue weighted by atomic mass is 10.1. The smallest absolute Gasteiger partial charge is 0.434 e. The molecule has 1 aromatic carbocycles. The summed E-state index contributed by atoms with van der Waals surface area (Å²) in [7, 11) is 1.70. The van der Waals surface area contributed by atoms with Crippen LogP contribution in [-0.4, -0.2) is 31.9 Å². The van der Waals surface area contributed by atoms with E-state index in [1.165, 1.54) is 10.6 Å². The summed E-state index contributed by atoms with van der Waals surface area (Å²) < 4.78 is 39.0. The second kappa shape index (κ2) is 5.84. The van der Waals surface area contributed by atoms with E-state index in [9.17, 15) is 18.3 Å². The molecule has 0 aliphatic heterocycles. The number of alkyl halides is 3. The van der Waals surface area contributed by atoms with Crippen molar-refractivity contribution in [1.82, 2.24) is 19.7 Å². The van der Waals surface area contributed by atoms with Gasteiger partial charge in [0.15, 0.2) is 5.69 Å². The van der Waals surface area contributed by atoms with Crippen LogP contribution in [0, 0.1) is 0 Å². The monoisotopic (exact) mass is 335 g/mol. The van der Waals surface area contributed by atoms with Gasteiger partial charge in [-0.25, -0.2) is 4.98 Å². The zero-order chi connectivity index (χ0) is 17.3. The van der Waals surface area contributed by atoms with Gasteiger partial charge < -0.3 is 15.0 Å². The molecule has 2 aromatic heterocycles. The third-order valence-corrected chi connectivity index (χ3v) is 3.35. The van der Waals surface area contributed by atoms with E-state index in [-0.39, 0.29) is 5.75 Å². The Balaban J connectivity index is 1.93. The fraction of sp³-hybridized carbons (Fsp3) is 0.133. The first-order valence-corrected chi connectivity index (χ1v) is 6.85. The molecule has 2 heterocycles. The minimum Gasteiger partial charge on any atom is -0.507 e. The van der Waals surface area contributed by atoms with Gasteiger partial charge in [-0.1, -0.05) is 0 Å². The van der Waals surface area contributed by atoms with E-state index in [2.05, 4.69) is 20.5 Å². The summed E-state index contributed by atoms with van der Waals surface area (Å²) in [6.07, 6.45) is -2.62. The standard InChI is InChI=1S/C15H12F3N5O/c1-19-14-5-4-11(21-22-14)10-3-2-9(6-12(10)24)23-7-13(20-8-23)15(16,17)18/h2-8,24H,1H3,(H,19,22). The molecule has 0 fully saturated rings. The summed E-state index contributed by atoms with van der Waals surface area (Å²) in [5, 5.41) is 20.9. The van der Waals surface area contributed by atoms with Crippen molar-refractivity contribution in [2.24, 2.45) is 0 Å². The molecule has 2 N–H and O–H groups in total. The van der Waals surface area contributed by atoms with Crippen molar-refractivity contribution in [2.45, 2.75) is 6.18 Å². The molecule has 3 aromatic rings. The maximum Gasteiger partial charge on any atom is 0.434 e. The van der Waals surface area contributed by atoms with E-state index in [4.69, 9.17) is 0 Å². The van der Waals surface area contributed by atoms with Gasteiger partial charge in [-0.05, 0) is 24.3 Å². The van der Waals surface area contributed by atoms with E-state index in [0.717, 1.165) is 12.5 Å². The van der Waals surface area contributed by atoms with Crippen LogP contribution < -0.4 is 5.32 Å². The van der Waals surface area contributed by atoms with Gasteiger partial charge in [0.25, 0.3) is 0 Å². The van der Waals surface area contributed by atoms with E-state index in [1.807, 2.05) is 0 Å². The Labute approximate surface area is 134 Å². The van der Waals surface area contributed by atoms with Gasteiger partial charge in [0.2, 0.25) is 0 Å². The van der Waals surface area contributed by atoms with Crippen LogP contribution >= 0.6 is 0 Å². The van der Waals surface area contributed by atoms with Crippen molar-refractivity contribution in [3.63, 3.8) is 0 Å². The Bertz CT molecular complexity index is 858. The largest absolute Gasteiger partial charge is 0.507 e. The average Bonchev–Trinajstić information content (AvgIpc) is 3.05. The molecule has 9 heteroatoms. The number of hydrogen-bond acceptors (Lipinski definition) is 5. The van der Waals surface area contributed by atoms with Crippen LogP contribution in [-0.2, 0) is 6.18 Å². The Morgan fingerprint density at radius 3 is 2.46 bits per heavy atom. The van der Waals surface area contributed by atoms with Gasteiger partial charge in [-0.3, -0.25) is 0 Å². The Hall–Kier alpha value is -3.10. The number of nitrogens with zero attached hydrogens (tertiary/aromatic N) is 4. The Morgan fingerprint density at radius 2 is 1.92 bits per heavy atom. The quantitative estimate of drug-likeness (QED) is 0.769. The van der Waals surface area contributed by atoms with Gasteiger partial charge in [0.1, 0.15) is 11.6 Å². The lowest BCUT2D eigenvalue weighted by Gasteiger charge is -2.08. The van der Waals surface area contributed by atoms with E-state index < -0.39 is 11.9 Å². The molecule has 0 radical (unpaired) electrons. The number of nitrogens with one attached hydrogen (secondary N) is 1. The van der Waals surface area contributed by atoms with Gasteiger partial charge in [-0.15, -0.1) is 10.2 Å². The molecule has 124 valence electrons. The van der Waals surface area contributed by atoms with Crippen LogP contribution in [0.2, 0.25) is 0 Å². The van der Waals surface area contributed by atoms with Crippen LogP contribution in [0.3, 0.4) is 0 Å². The third-order valence-electron chi connectivity index (χ3n) is 3.35. The number of benzene rings is 1. The molecule has 0 atom stereocenters. The Kier molecular flexibility index (Phi) is 3.84. The number of rotatable bonds is 3. The van der Waals surface area contributed by atoms with Gasteiger partial charge >= 0.3 is 6.18 Å². The molecular weight excluding hydrogens is 323 g/mol. The number of aromatic hydroxyl groups is 1. The van der Waals surface area contributed by atoms with Crippen molar-refractivity contribution in [2.75, 3.05) is 12.4 Å². The van der Waals surface area contributed by atoms with Gasteiger partial charge in [0, 0.05) is 24.9 Å².